The smallest absolute Gasteiger partial charge is 0.342 e. The number of hydrogen-bond donors (Lipinski definition) is 2. The summed E-state index contributed by atoms with van der Waals surface area (Å²) in [5, 5.41) is 12.3. The number of carbonyl (C=O) groups is 2. The predicted molar refractivity (Wildman–Crippen MR) is 108 cm³/mol. The number of phenols is 1. The van der Waals surface area contributed by atoms with Gasteiger partial charge in [-0.3, -0.25) is 14.3 Å². The Morgan fingerprint density at radius 1 is 1.10 bits per heavy atom. The second-order valence-electron chi connectivity index (χ2n) is 6.58. The van der Waals surface area contributed by atoms with Gasteiger partial charge in [-0.25, -0.2) is 9.48 Å². The number of aryl methyl sites for hydroxylation is 1. The number of anilines is 1. The number of aromatic hydroxyl groups is 1. The van der Waals surface area contributed by atoms with Gasteiger partial charge in [0.2, 0.25) is 0 Å². The van der Waals surface area contributed by atoms with Gasteiger partial charge < -0.3 is 15.2 Å². The average molecular weight is 395 g/mol. The van der Waals surface area contributed by atoms with E-state index in [-0.39, 0.29) is 17.0 Å². The minimum atomic E-state index is -0.830. The van der Waals surface area contributed by atoms with Crippen molar-refractivity contribution in [2.45, 2.75) is 13.8 Å². The number of aromatic nitrogens is 2. The van der Waals surface area contributed by atoms with Gasteiger partial charge in [0, 0.05) is 7.05 Å². The predicted octanol–water partition coefficient (Wildman–Crippen LogP) is 2.29. The van der Waals surface area contributed by atoms with Crippen LogP contribution in [0, 0.1) is 13.8 Å². The maximum atomic E-state index is 12.8. The van der Waals surface area contributed by atoms with Crippen molar-refractivity contribution in [3.63, 3.8) is 0 Å². The van der Waals surface area contributed by atoms with E-state index in [1.54, 1.807) is 43.8 Å². The van der Waals surface area contributed by atoms with Gasteiger partial charge in [0.1, 0.15) is 17.0 Å². The molecule has 2 aromatic carbocycles. The first-order valence-electron chi connectivity index (χ1n) is 8.90. The lowest BCUT2D eigenvalue weighted by Crippen LogP contribution is -2.25. The van der Waals surface area contributed by atoms with Crippen LogP contribution in [0.1, 0.15) is 21.6 Å². The number of nitrogens with one attached hydrogen (secondary N) is 1. The fourth-order valence-corrected chi connectivity index (χ4v) is 2.91. The molecule has 8 nitrogen and oxygen atoms in total. The van der Waals surface area contributed by atoms with Crippen molar-refractivity contribution in [2.24, 2.45) is 7.05 Å². The van der Waals surface area contributed by atoms with Crippen LogP contribution in [-0.2, 0) is 16.6 Å². The third-order valence-electron chi connectivity index (χ3n) is 4.53. The molecule has 1 heterocycles. The first-order valence-corrected chi connectivity index (χ1v) is 8.90. The summed E-state index contributed by atoms with van der Waals surface area (Å²) in [6, 6.07) is 13.5. The van der Waals surface area contributed by atoms with Gasteiger partial charge in [-0.1, -0.05) is 24.3 Å². The Bertz CT molecular complexity index is 1130. The zero-order valence-electron chi connectivity index (χ0n) is 16.3. The molecule has 0 spiro atoms. The minimum Gasteiger partial charge on any atom is -0.507 e. The first-order chi connectivity index (χ1) is 13.8. The second-order valence-corrected chi connectivity index (χ2v) is 6.58. The molecule has 0 unspecified atom stereocenters. The Morgan fingerprint density at radius 3 is 2.45 bits per heavy atom. The van der Waals surface area contributed by atoms with E-state index in [2.05, 4.69) is 5.32 Å². The highest BCUT2D eigenvalue weighted by Gasteiger charge is 2.19. The molecule has 0 fully saturated rings. The highest BCUT2D eigenvalue weighted by molar-refractivity contribution is 5.97. The molecular formula is C21H21N3O5. The van der Waals surface area contributed by atoms with Crippen molar-refractivity contribution in [3.8, 4) is 11.4 Å². The van der Waals surface area contributed by atoms with E-state index in [4.69, 9.17) is 4.74 Å². The van der Waals surface area contributed by atoms with E-state index in [0.717, 1.165) is 5.56 Å². The monoisotopic (exact) mass is 395 g/mol. The van der Waals surface area contributed by atoms with Crippen LogP contribution in [0.5, 0.6) is 5.75 Å². The lowest BCUT2D eigenvalue weighted by molar-refractivity contribution is -0.119. The number of carbonyl (C=O) groups excluding carboxylic acids is 2. The van der Waals surface area contributed by atoms with Crippen LogP contribution in [0.25, 0.3) is 5.69 Å². The number of rotatable bonds is 5. The van der Waals surface area contributed by atoms with Gasteiger partial charge in [-0.2, -0.15) is 0 Å². The quantitative estimate of drug-likeness (QED) is 0.646. The van der Waals surface area contributed by atoms with Crippen molar-refractivity contribution < 1.29 is 19.4 Å². The molecule has 0 saturated carbocycles. The normalized spacial score (nSPS) is 10.6. The number of amides is 1. The molecule has 2 N–H and O–H groups in total. The lowest BCUT2D eigenvalue weighted by atomic mass is 10.1. The van der Waals surface area contributed by atoms with Crippen molar-refractivity contribution in [1.29, 1.82) is 0 Å². The second kappa shape index (κ2) is 8.05. The lowest BCUT2D eigenvalue weighted by Gasteiger charge is -2.07. The van der Waals surface area contributed by atoms with Gasteiger partial charge in [0.15, 0.2) is 6.61 Å². The topological polar surface area (TPSA) is 103 Å². The fraction of sp³-hybridized carbons (Fsp3) is 0.190. The molecule has 29 heavy (non-hydrogen) atoms. The van der Waals surface area contributed by atoms with Crippen LogP contribution in [-0.4, -0.2) is 33.0 Å². The summed E-state index contributed by atoms with van der Waals surface area (Å²) < 4.78 is 8.02. The molecule has 1 amide bonds. The molecule has 8 heteroatoms. The van der Waals surface area contributed by atoms with Crippen LogP contribution < -0.4 is 10.9 Å². The number of hydrogen-bond acceptors (Lipinski definition) is 5. The molecule has 0 radical (unpaired) electrons. The molecular weight excluding hydrogens is 374 g/mol. The Balaban J connectivity index is 1.73. The highest BCUT2D eigenvalue weighted by Crippen LogP contribution is 2.19. The summed E-state index contributed by atoms with van der Waals surface area (Å²) in [6.07, 6.45) is 0. The molecule has 3 aromatic rings. The molecule has 0 bridgehead atoms. The summed E-state index contributed by atoms with van der Waals surface area (Å²) >= 11 is 0. The van der Waals surface area contributed by atoms with Crippen LogP contribution >= 0.6 is 0 Å². The van der Waals surface area contributed by atoms with Crippen molar-refractivity contribution in [2.75, 3.05) is 11.9 Å². The number of ether oxygens (including phenoxy) is 1. The average Bonchev–Trinajstić information content (AvgIpc) is 2.90. The fourth-order valence-electron chi connectivity index (χ4n) is 2.91. The number of nitrogens with zero attached hydrogens (tertiary/aromatic N) is 2. The zero-order valence-corrected chi connectivity index (χ0v) is 16.3. The minimum absolute atomic E-state index is 0.0364. The van der Waals surface area contributed by atoms with E-state index in [1.165, 1.54) is 16.8 Å². The van der Waals surface area contributed by atoms with Gasteiger partial charge in [-0.05, 0) is 43.7 Å². The van der Waals surface area contributed by atoms with Crippen molar-refractivity contribution in [3.05, 3.63) is 75.7 Å². The third kappa shape index (κ3) is 4.06. The van der Waals surface area contributed by atoms with E-state index < -0.39 is 24.0 Å². The summed E-state index contributed by atoms with van der Waals surface area (Å²) in [4.78, 5) is 37.1. The maximum absolute atomic E-state index is 12.8. The Hall–Kier alpha value is -3.81. The number of benzene rings is 2. The summed E-state index contributed by atoms with van der Waals surface area (Å²) in [6.45, 7) is 2.88. The number of para-hydroxylation sites is 1. The third-order valence-corrected chi connectivity index (χ3v) is 4.53. The van der Waals surface area contributed by atoms with E-state index in [1.807, 2.05) is 18.2 Å². The SMILES string of the molecule is Cc1ccc(C(=O)OCC(=O)Nc2c(C)n(C)n(-c3ccccc3)c2=O)c(O)c1. The molecule has 3 rings (SSSR count). The van der Waals surface area contributed by atoms with Gasteiger partial charge in [0.25, 0.3) is 11.5 Å². The van der Waals surface area contributed by atoms with Crippen molar-refractivity contribution in [1.82, 2.24) is 9.36 Å². The zero-order chi connectivity index (χ0) is 21.1. The first kappa shape index (κ1) is 19.9. The van der Waals surface area contributed by atoms with E-state index >= 15 is 0 Å². The van der Waals surface area contributed by atoms with E-state index in [9.17, 15) is 19.5 Å². The Kier molecular flexibility index (Phi) is 5.54. The Morgan fingerprint density at radius 2 is 1.79 bits per heavy atom. The van der Waals surface area contributed by atoms with Crippen molar-refractivity contribution >= 4 is 17.6 Å². The molecule has 150 valence electrons. The maximum Gasteiger partial charge on any atom is 0.342 e. The van der Waals surface area contributed by atoms with Gasteiger partial charge in [-0.15, -0.1) is 0 Å². The standard InChI is InChI=1S/C21H21N3O5/c1-13-9-10-16(17(25)11-13)21(28)29-12-18(26)22-19-14(2)23(3)24(20(19)27)15-7-5-4-6-8-15/h4-11,25H,12H2,1-3H3,(H,22,26). The molecule has 0 aliphatic heterocycles. The summed E-state index contributed by atoms with van der Waals surface area (Å²) in [5.74, 6) is -1.71. The summed E-state index contributed by atoms with van der Waals surface area (Å²) in [7, 11) is 1.71. The van der Waals surface area contributed by atoms with Crippen LogP contribution in [0.4, 0.5) is 5.69 Å². The molecule has 1 aromatic heterocycles. The highest BCUT2D eigenvalue weighted by atomic mass is 16.5. The molecule has 0 atom stereocenters. The van der Waals surface area contributed by atoms with Gasteiger partial charge >= 0.3 is 5.97 Å². The summed E-state index contributed by atoms with van der Waals surface area (Å²) in [5.41, 5.74) is 1.67. The van der Waals surface area contributed by atoms with Crippen LogP contribution in [0.3, 0.4) is 0 Å². The number of phenolic OH excluding ortho intramolecular Hbond substituents is 1. The molecule has 0 aliphatic carbocycles. The number of esters is 1. The largest absolute Gasteiger partial charge is 0.507 e. The molecule has 0 aliphatic rings. The Labute approximate surface area is 166 Å². The van der Waals surface area contributed by atoms with Crippen LogP contribution in [0.2, 0.25) is 0 Å². The van der Waals surface area contributed by atoms with E-state index in [0.29, 0.717) is 11.4 Å². The van der Waals surface area contributed by atoms with Gasteiger partial charge in [0.05, 0.1) is 11.4 Å². The van der Waals surface area contributed by atoms with Crippen LogP contribution in [0.15, 0.2) is 53.3 Å². The molecule has 0 saturated heterocycles.